The van der Waals surface area contributed by atoms with E-state index in [9.17, 15) is 5.11 Å². The van der Waals surface area contributed by atoms with Gasteiger partial charge in [0.05, 0.1) is 11.6 Å². The summed E-state index contributed by atoms with van der Waals surface area (Å²) in [5.74, 6) is 1.27. The minimum atomic E-state index is -0.771. The highest BCUT2D eigenvalue weighted by molar-refractivity contribution is 9.10. The first-order valence-electron chi connectivity index (χ1n) is 8.86. The standard InChI is InChI=1S/C23H19BrO3S/c1-26-19-13-20(27-14-15-7-3-2-4-8-15)18(24)12-17(19)23(25)22-11-16-9-5-6-10-21(16)28-22/h2-13,23,25H,14H2,1H3. The Labute approximate surface area is 176 Å². The van der Waals surface area contributed by atoms with Crippen LogP contribution in [0, 0.1) is 0 Å². The molecule has 0 aliphatic rings. The number of ether oxygens (including phenoxy) is 2. The van der Waals surface area contributed by atoms with Crippen LogP contribution in [0.15, 0.2) is 77.3 Å². The van der Waals surface area contributed by atoms with Gasteiger partial charge in [-0.05, 0) is 45.1 Å². The molecule has 1 atom stereocenters. The third-order valence-corrected chi connectivity index (χ3v) is 6.32. The highest BCUT2D eigenvalue weighted by Gasteiger charge is 2.20. The topological polar surface area (TPSA) is 38.7 Å². The van der Waals surface area contributed by atoms with Gasteiger partial charge in [-0.3, -0.25) is 0 Å². The van der Waals surface area contributed by atoms with Crippen molar-refractivity contribution in [3.63, 3.8) is 0 Å². The maximum atomic E-state index is 11.0. The summed E-state index contributed by atoms with van der Waals surface area (Å²) in [5.41, 5.74) is 1.79. The Morgan fingerprint density at radius 1 is 0.964 bits per heavy atom. The van der Waals surface area contributed by atoms with Crippen molar-refractivity contribution in [3.8, 4) is 11.5 Å². The fraction of sp³-hybridized carbons (Fsp3) is 0.130. The van der Waals surface area contributed by atoms with Crippen LogP contribution in [-0.2, 0) is 6.61 Å². The molecule has 3 aromatic carbocycles. The number of halogens is 1. The molecule has 4 aromatic rings. The normalized spacial score (nSPS) is 12.1. The summed E-state index contributed by atoms with van der Waals surface area (Å²) < 4.78 is 13.4. The van der Waals surface area contributed by atoms with Crippen LogP contribution in [0.4, 0.5) is 0 Å². The van der Waals surface area contributed by atoms with Crippen LogP contribution in [0.25, 0.3) is 10.1 Å². The predicted octanol–water partition coefficient (Wildman–Crippen LogP) is 6.33. The quantitative estimate of drug-likeness (QED) is 0.369. The number of aliphatic hydroxyl groups is 1. The Hall–Kier alpha value is -2.34. The number of thiophene rings is 1. The van der Waals surface area contributed by atoms with E-state index in [0.717, 1.165) is 25.0 Å². The number of benzene rings is 3. The molecule has 0 radical (unpaired) electrons. The molecule has 4 rings (SSSR count). The van der Waals surface area contributed by atoms with Crippen molar-refractivity contribution in [2.24, 2.45) is 0 Å². The minimum absolute atomic E-state index is 0.459. The van der Waals surface area contributed by atoms with Crippen molar-refractivity contribution in [1.82, 2.24) is 0 Å². The molecule has 0 bridgehead atoms. The summed E-state index contributed by atoms with van der Waals surface area (Å²) in [4.78, 5) is 0.879. The van der Waals surface area contributed by atoms with Gasteiger partial charge < -0.3 is 14.6 Å². The van der Waals surface area contributed by atoms with Crippen molar-refractivity contribution in [2.45, 2.75) is 12.7 Å². The van der Waals surface area contributed by atoms with Gasteiger partial charge in [0.1, 0.15) is 24.2 Å². The summed E-state index contributed by atoms with van der Waals surface area (Å²) in [6.45, 7) is 0.459. The van der Waals surface area contributed by atoms with E-state index in [4.69, 9.17) is 9.47 Å². The van der Waals surface area contributed by atoms with Crippen LogP contribution >= 0.6 is 27.3 Å². The number of rotatable bonds is 6. The zero-order chi connectivity index (χ0) is 19.5. The van der Waals surface area contributed by atoms with Gasteiger partial charge in [0.25, 0.3) is 0 Å². The highest BCUT2D eigenvalue weighted by atomic mass is 79.9. The van der Waals surface area contributed by atoms with Crippen molar-refractivity contribution in [1.29, 1.82) is 0 Å². The van der Waals surface area contributed by atoms with Crippen molar-refractivity contribution in [3.05, 3.63) is 93.3 Å². The lowest BCUT2D eigenvalue weighted by molar-refractivity contribution is 0.218. The molecule has 1 heterocycles. The highest BCUT2D eigenvalue weighted by Crippen LogP contribution is 2.41. The molecular weight excluding hydrogens is 436 g/mol. The molecule has 0 amide bonds. The van der Waals surface area contributed by atoms with E-state index < -0.39 is 6.10 Å². The Morgan fingerprint density at radius 3 is 2.46 bits per heavy atom. The van der Waals surface area contributed by atoms with Gasteiger partial charge in [-0.15, -0.1) is 11.3 Å². The summed E-state index contributed by atoms with van der Waals surface area (Å²) in [7, 11) is 1.60. The SMILES string of the molecule is COc1cc(OCc2ccccc2)c(Br)cc1C(O)c1cc2ccccc2s1. The molecule has 1 unspecified atom stereocenters. The van der Waals surface area contributed by atoms with Gasteiger partial charge in [-0.2, -0.15) is 0 Å². The lowest BCUT2D eigenvalue weighted by atomic mass is 10.1. The summed E-state index contributed by atoms with van der Waals surface area (Å²) in [5, 5.41) is 12.1. The summed E-state index contributed by atoms with van der Waals surface area (Å²) in [6.07, 6.45) is -0.771. The number of methoxy groups -OCH3 is 1. The van der Waals surface area contributed by atoms with E-state index in [1.54, 1.807) is 18.4 Å². The molecule has 0 aliphatic carbocycles. The van der Waals surface area contributed by atoms with Gasteiger partial charge in [0.2, 0.25) is 0 Å². The Kier molecular flexibility index (Phi) is 5.67. The molecule has 0 saturated carbocycles. The van der Waals surface area contributed by atoms with E-state index in [1.807, 2.05) is 60.7 Å². The average Bonchev–Trinajstić information content (AvgIpc) is 3.17. The molecule has 28 heavy (non-hydrogen) atoms. The van der Waals surface area contributed by atoms with Crippen molar-refractivity contribution < 1.29 is 14.6 Å². The van der Waals surface area contributed by atoms with Gasteiger partial charge in [0.15, 0.2) is 0 Å². The first-order valence-corrected chi connectivity index (χ1v) is 10.5. The lowest BCUT2D eigenvalue weighted by Crippen LogP contribution is -2.03. The van der Waals surface area contributed by atoms with E-state index in [2.05, 4.69) is 28.1 Å². The van der Waals surface area contributed by atoms with Crippen LogP contribution in [0.3, 0.4) is 0 Å². The maximum Gasteiger partial charge on any atom is 0.137 e. The van der Waals surface area contributed by atoms with Crippen LogP contribution in [-0.4, -0.2) is 12.2 Å². The Morgan fingerprint density at radius 2 is 1.71 bits per heavy atom. The number of hydrogen-bond donors (Lipinski definition) is 1. The summed E-state index contributed by atoms with van der Waals surface area (Å²) >= 11 is 5.16. The third kappa shape index (κ3) is 3.92. The fourth-order valence-electron chi connectivity index (χ4n) is 3.08. The van der Waals surface area contributed by atoms with Crippen molar-refractivity contribution >= 4 is 37.4 Å². The molecule has 1 N–H and O–H groups in total. The van der Waals surface area contributed by atoms with Crippen LogP contribution in [0.2, 0.25) is 0 Å². The van der Waals surface area contributed by atoms with Crippen molar-refractivity contribution in [2.75, 3.05) is 7.11 Å². The van der Waals surface area contributed by atoms with E-state index in [-0.39, 0.29) is 0 Å². The second-order valence-electron chi connectivity index (χ2n) is 6.39. The molecule has 1 aromatic heterocycles. The van der Waals surface area contributed by atoms with Crippen LogP contribution in [0.5, 0.6) is 11.5 Å². The van der Waals surface area contributed by atoms with Gasteiger partial charge >= 0.3 is 0 Å². The first-order chi connectivity index (χ1) is 13.7. The van der Waals surface area contributed by atoms with Gasteiger partial charge in [-0.25, -0.2) is 0 Å². The molecule has 0 saturated heterocycles. The maximum absolute atomic E-state index is 11.0. The zero-order valence-corrected chi connectivity index (χ0v) is 17.7. The van der Waals surface area contributed by atoms with Crippen LogP contribution < -0.4 is 9.47 Å². The van der Waals surface area contributed by atoms with E-state index in [1.165, 1.54) is 0 Å². The Bertz CT molecular complexity index is 1060. The largest absolute Gasteiger partial charge is 0.496 e. The second-order valence-corrected chi connectivity index (χ2v) is 8.36. The zero-order valence-electron chi connectivity index (χ0n) is 15.3. The third-order valence-electron chi connectivity index (χ3n) is 4.53. The average molecular weight is 455 g/mol. The molecule has 5 heteroatoms. The predicted molar refractivity (Wildman–Crippen MR) is 117 cm³/mol. The Balaban J connectivity index is 1.62. The molecular formula is C23H19BrO3S. The number of fused-ring (bicyclic) bond motifs is 1. The second kappa shape index (κ2) is 8.35. The molecule has 0 aliphatic heterocycles. The first kappa shape index (κ1) is 19.0. The monoisotopic (exact) mass is 454 g/mol. The van der Waals surface area contributed by atoms with Gasteiger partial charge in [-0.1, -0.05) is 48.5 Å². The molecule has 0 spiro atoms. The van der Waals surface area contributed by atoms with Gasteiger partial charge in [0, 0.05) is 21.2 Å². The van der Waals surface area contributed by atoms with Crippen LogP contribution in [0.1, 0.15) is 22.1 Å². The fourth-order valence-corrected chi connectivity index (χ4v) is 4.62. The summed E-state index contributed by atoms with van der Waals surface area (Å²) in [6, 6.07) is 23.8. The lowest BCUT2D eigenvalue weighted by Gasteiger charge is -2.17. The molecule has 0 fully saturated rings. The smallest absolute Gasteiger partial charge is 0.137 e. The minimum Gasteiger partial charge on any atom is -0.496 e. The van der Waals surface area contributed by atoms with E-state index >= 15 is 0 Å². The molecule has 142 valence electrons. The van der Waals surface area contributed by atoms with E-state index in [0.29, 0.717) is 23.7 Å². The molecule has 3 nitrogen and oxygen atoms in total. The number of aliphatic hydroxyl groups excluding tert-OH is 1. The number of hydrogen-bond acceptors (Lipinski definition) is 4.